The zero-order valence-corrected chi connectivity index (χ0v) is 10.3. The lowest BCUT2D eigenvalue weighted by atomic mass is 10.0. The Morgan fingerprint density at radius 3 is 2.65 bits per heavy atom. The maximum absolute atomic E-state index is 13.0. The molecular weight excluding hydrogens is 221 g/mol. The molecule has 0 heterocycles. The van der Waals surface area contributed by atoms with Crippen LogP contribution in [0.25, 0.3) is 0 Å². The first-order valence-electron chi connectivity index (χ1n) is 5.86. The Bertz CT molecular complexity index is 355. The smallest absolute Gasteiger partial charge is 0.123 e. The summed E-state index contributed by atoms with van der Waals surface area (Å²) in [4.78, 5) is 0. The minimum Gasteiger partial charge on any atom is -0.508 e. The van der Waals surface area contributed by atoms with E-state index in [9.17, 15) is 9.50 Å². The van der Waals surface area contributed by atoms with Gasteiger partial charge >= 0.3 is 0 Å². The minimum absolute atomic E-state index is 0.0883. The lowest BCUT2D eigenvalue weighted by molar-refractivity contribution is 0.243. The number of aliphatic hydroxyl groups excluding tert-OH is 1. The van der Waals surface area contributed by atoms with Gasteiger partial charge in [0.1, 0.15) is 11.6 Å². The molecule has 17 heavy (non-hydrogen) atoms. The van der Waals surface area contributed by atoms with Gasteiger partial charge < -0.3 is 15.5 Å². The van der Waals surface area contributed by atoms with Crippen molar-refractivity contribution < 1.29 is 14.6 Å². The SMILES string of the molecule is CC(C)C(CCO)NCc1cc(F)ccc1O. The summed E-state index contributed by atoms with van der Waals surface area (Å²) in [5, 5.41) is 21.7. The molecule has 1 aromatic rings. The molecule has 0 saturated carbocycles. The van der Waals surface area contributed by atoms with Crippen LogP contribution in [0.5, 0.6) is 5.75 Å². The van der Waals surface area contributed by atoms with Crippen LogP contribution in [0.15, 0.2) is 18.2 Å². The molecule has 3 N–H and O–H groups in total. The first kappa shape index (κ1) is 13.9. The van der Waals surface area contributed by atoms with E-state index in [0.29, 0.717) is 24.4 Å². The number of aromatic hydroxyl groups is 1. The van der Waals surface area contributed by atoms with E-state index in [2.05, 4.69) is 19.2 Å². The number of rotatable bonds is 6. The van der Waals surface area contributed by atoms with Gasteiger partial charge in [0.15, 0.2) is 0 Å². The van der Waals surface area contributed by atoms with Crippen molar-refractivity contribution >= 4 is 0 Å². The second kappa shape index (κ2) is 6.57. The molecule has 4 heteroatoms. The average molecular weight is 241 g/mol. The molecule has 3 nitrogen and oxygen atoms in total. The lowest BCUT2D eigenvalue weighted by Crippen LogP contribution is -2.34. The minimum atomic E-state index is -0.358. The van der Waals surface area contributed by atoms with Crippen molar-refractivity contribution in [2.24, 2.45) is 5.92 Å². The van der Waals surface area contributed by atoms with Gasteiger partial charge in [-0.3, -0.25) is 0 Å². The quantitative estimate of drug-likeness (QED) is 0.714. The average Bonchev–Trinajstić information content (AvgIpc) is 2.28. The summed E-state index contributed by atoms with van der Waals surface area (Å²) < 4.78 is 13.0. The van der Waals surface area contributed by atoms with Crippen LogP contribution in [0.3, 0.4) is 0 Å². The van der Waals surface area contributed by atoms with Gasteiger partial charge in [-0.1, -0.05) is 13.8 Å². The molecule has 0 aromatic heterocycles. The van der Waals surface area contributed by atoms with Crippen molar-refractivity contribution in [3.05, 3.63) is 29.6 Å². The number of benzene rings is 1. The number of aliphatic hydroxyl groups is 1. The molecule has 0 radical (unpaired) electrons. The van der Waals surface area contributed by atoms with E-state index in [1.165, 1.54) is 18.2 Å². The normalized spacial score (nSPS) is 13.0. The third kappa shape index (κ3) is 4.32. The number of phenols is 1. The Hall–Kier alpha value is -1.13. The van der Waals surface area contributed by atoms with Crippen LogP contribution in [0.1, 0.15) is 25.8 Å². The number of hydrogen-bond acceptors (Lipinski definition) is 3. The highest BCUT2D eigenvalue weighted by molar-refractivity contribution is 5.32. The van der Waals surface area contributed by atoms with Crippen molar-refractivity contribution in [2.75, 3.05) is 6.61 Å². The van der Waals surface area contributed by atoms with Gasteiger partial charge in [0.05, 0.1) is 0 Å². The Kier molecular flexibility index (Phi) is 5.38. The Morgan fingerprint density at radius 2 is 2.06 bits per heavy atom. The van der Waals surface area contributed by atoms with Crippen molar-refractivity contribution in [1.29, 1.82) is 0 Å². The maximum Gasteiger partial charge on any atom is 0.123 e. The third-order valence-electron chi connectivity index (χ3n) is 2.84. The highest BCUT2D eigenvalue weighted by Crippen LogP contribution is 2.18. The second-order valence-corrected chi connectivity index (χ2v) is 4.52. The fraction of sp³-hybridized carbons (Fsp3) is 0.538. The standard InChI is InChI=1S/C13H20FNO2/c1-9(2)12(5-6-16)15-8-10-7-11(14)3-4-13(10)17/h3-4,7,9,12,15-17H,5-6,8H2,1-2H3. The van der Waals surface area contributed by atoms with Crippen LogP contribution >= 0.6 is 0 Å². The number of hydrogen-bond donors (Lipinski definition) is 3. The fourth-order valence-electron chi connectivity index (χ4n) is 1.75. The van der Waals surface area contributed by atoms with E-state index in [1.54, 1.807) is 0 Å². The second-order valence-electron chi connectivity index (χ2n) is 4.52. The summed E-state index contributed by atoms with van der Waals surface area (Å²) in [5.41, 5.74) is 0.536. The molecule has 0 aliphatic carbocycles. The van der Waals surface area contributed by atoms with Crippen LogP contribution in [0, 0.1) is 11.7 Å². The topological polar surface area (TPSA) is 52.5 Å². The van der Waals surface area contributed by atoms with E-state index in [-0.39, 0.29) is 24.2 Å². The largest absolute Gasteiger partial charge is 0.508 e. The summed E-state index contributed by atoms with van der Waals surface area (Å²) in [5.74, 6) is 0.103. The van der Waals surface area contributed by atoms with Crippen molar-refractivity contribution in [2.45, 2.75) is 32.9 Å². The van der Waals surface area contributed by atoms with Crippen LogP contribution < -0.4 is 5.32 Å². The summed E-state index contributed by atoms with van der Waals surface area (Å²) in [6.07, 6.45) is 0.647. The van der Waals surface area contributed by atoms with E-state index in [1.807, 2.05) is 0 Å². The van der Waals surface area contributed by atoms with E-state index in [4.69, 9.17) is 5.11 Å². The zero-order valence-electron chi connectivity index (χ0n) is 10.3. The van der Waals surface area contributed by atoms with Gasteiger partial charge in [0.25, 0.3) is 0 Å². The van der Waals surface area contributed by atoms with E-state index in [0.717, 1.165) is 0 Å². The number of halogens is 1. The van der Waals surface area contributed by atoms with E-state index < -0.39 is 0 Å². The van der Waals surface area contributed by atoms with Crippen LogP contribution in [0.4, 0.5) is 4.39 Å². The third-order valence-corrected chi connectivity index (χ3v) is 2.84. The Labute approximate surface area is 101 Å². The lowest BCUT2D eigenvalue weighted by Gasteiger charge is -2.21. The molecule has 0 aliphatic rings. The number of nitrogens with one attached hydrogen (secondary N) is 1. The van der Waals surface area contributed by atoms with E-state index >= 15 is 0 Å². The number of phenolic OH excluding ortho intramolecular Hbond substituents is 1. The Morgan fingerprint density at radius 1 is 1.35 bits per heavy atom. The first-order chi connectivity index (χ1) is 8.04. The summed E-state index contributed by atoms with van der Waals surface area (Å²) in [6, 6.07) is 4.05. The molecule has 96 valence electrons. The van der Waals surface area contributed by atoms with Gasteiger partial charge in [-0.15, -0.1) is 0 Å². The highest BCUT2D eigenvalue weighted by atomic mass is 19.1. The van der Waals surface area contributed by atoms with Crippen LogP contribution in [0.2, 0.25) is 0 Å². The molecule has 1 rings (SSSR count). The van der Waals surface area contributed by atoms with Crippen LogP contribution in [-0.4, -0.2) is 22.9 Å². The predicted molar refractivity (Wildman–Crippen MR) is 65.2 cm³/mol. The predicted octanol–water partition coefficient (Wildman–Crippen LogP) is 2.03. The highest BCUT2D eigenvalue weighted by Gasteiger charge is 2.13. The zero-order chi connectivity index (χ0) is 12.8. The molecule has 1 unspecified atom stereocenters. The summed E-state index contributed by atoms with van der Waals surface area (Å²) in [7, 11) is 0. The Balaban J connectivity index is 2.61. The molecular formula is C13H20FNO2. The van der Waals surface area contributed by atoms with Gasteiger partial charge in [0.2, 0.25) is 0 Å². The van der Waals surface area contributed by atoms with Crippen LogP contribution in [-0.2, 0) is 6.54 Å². The first-order valence-corrected chi connectivity index (χ1v) is 5.86. The van der Waals surface area contributed by atoms with Crippen molar-refractivity contribution in [3.8, 4) is 5.75 Å². The monoisotopic (exact) mass is 241 g/mol. The summed E-state index contributed by atoms with van der Waals surface area (Å²) in [6.45, 7) is 4.62. The summed E-state index contributed by atoms with van der Waals surface area (Å²) >= 11 is 0. The van der Waals surface area contributed by atoms with Gasteiger partial charge in [-0.05, 0) is 30.5 Å². The van der Waals surface area contributed by atoms with Crippen molar-refractivity contribution in [3.63, 3.8) is 0 Å². The van der Waals surface area contributed by atoms with Crippen molar-refractivity contribution in [1.82, 2.24) is 5.32 Å². The van der Waals surface area contributed by atoms with Gasteiger partial charge in [0, 0.05) is 24.8 Å². The fourth-order valence-corrected chi connectivity index (χ4v) is 1.75. The molecule has 0 aliphatic heterocycles. The van der Waals surface area contributed by atoms with Gasteiger partial charge in [-0.25, -0.2) is 4.39 Å². The maximum atomic E-state index is 13.0. The molecule has 0 saturated heterocycles. The molecule has 0 bridgehead atoms. The molecule has 1 atom stereocenters. The molecule has 0 amide bonds. The molecule has 0 spiro atoms. The van der Waals surface area contributed by atoms with Gasteiger partial charge in [-0.2, -0.15) is 0 Å². The molecule has 0 fully saturated rings. The molecule has 1 aromatic carbocycles.